The van der Waals surface area contributed by atoms with E-state index < -0.39 is 0 Å². The molecule has 0 radical (unpaired) electrons. The molecule has 0 amide bonds. The van der Waals surface area contributed by atoms with Crippen LogP contribution >= 0.6 is 0 Å². The van der Waals surface area contributed by atoms with E-state index >= 15 is 0 Å². The number of nitrogens with two attached hydrogens (primary N) is 1. The number of hydrogen-bond acceptors (Lipinski definition) is 3. The van der Waals surface area contributed by atoms with Crippen molar-refractivity contribution < 1.29 is 4.79 Å². The van der Waals surface area contributed by atoms with Crippen LogP contribution < -0.4 is 5.73 Å². The Morgan fingerprint density at radius 3 is 1.29 bits per heavy atom. The summed E-state index contributed by atoms with van der Waals surface area (Å²) in [6.07, 6.45) is 1.65. The van der Waals surface area contributed by atoms with E-state index in [9.17, 15) is 4.79 Å². The van der Waals surface area contributed by atoms with Gasteiger partial charge < -0.3 is 5.73 Å². The molecule has 0 aliphatic carbocycles. The minimum atomic E-state index is 0.371. The molecule has 3 heteroatoms. The van der Waals surface area contributed by atoms with E-state index in [4.69, 9.17) is 5.73 Å². The highest BCUT2D eigenvalue weighted by Gasteiger charge is 2.12. The van der Waals surface area contributed by atoms with Crippen molar-refractivity contribution in [2.24, 2.45) is 4.99 Å². The summed E-state index contributed by atoms with van der Waals surface area (Å²) in [7, 11) is 0. The van der Waals surface area contributed by atoms with Gasteiger partial charge in [0.15, 0.2) is 0 Å². The number of nitrogen functional groups attached to an aromatic ring is 1. The maximum Gasteiger partial charge on any atom is 0.240 e. The van der Waals surface area contributed by atoms with Crippen LogP contribution in [0.4, 0.5) is 11.4 Å². The lowest BCUT2D eigenvalue weighted by Gasteiger charge is -2.15. The van der Waals surface area contributed by atoms with E-state index in [1.165, 1.54) is 11.1 Å². The zero-order chi connectivity index (χ0) is 21.4. The van der Waals surface area contributed by atoms with Crippen LogP contribution in [0.2, 0.25) is 0 Å². The van der Waals surface area contributed by atoms with Crippen LogP contribution in [0.25, 0.3) is 0 Å². The van der Waals surface area contributed by atoms with E-state index in [1.807, 2.05) is 18.2 Å². The number of isocyanates is 1. The van der Waals surface area contributed by atoms with E-state index in [1.54, 1.807) is 6.08 Å². The summed E-state index contributed by atoms with van der Waals surface area (Å²) < 4.78 is 0. The Kier molecular flexibility index (Phi) is 9.15. The van der Waals surface area contributed by atoms with Gasteiger partial charge in [0.05, 0.1) is 5.69 Å². The van der Waals surface area contributed by atoms with Crippen molar-refractivity contribution in [1.29, 1.82) is 0 Å². The van der Waals surface area contributed by atoms with Crippen LogP contribution in [0.1, 0.15) is 101 Å². The number of nitrogens with zero attached hydrogens (tertiary/aromatic N) is 1. The number of rotatable bonds is 5. The van der Waals surface area contributed by atoms with Crippen molar-refractivity contribution in [2.45, 2.75) is 79.1 Å². The predicted octanol–water partition coefficient (Wildman–Crippen LogP) is 7.42. The molecule has 0 aliphatic heterocycles. The maximum absolute atomic E-state index is 10.4. The van der Waals surface area contributed by atoms with Gasteiger partial charge in [0, 0.05) is 5.69 Å². The third-order valence-corrected chi connectivity index (χ3v) is 4.92. The van der Waals surface area contributed by atoms with Gasteiger partial charge in [-0.1, -0.05) is 91.8 Å². The molecule has 0 spiro atoms. The van der Waals surface area contributed by atoms with Crippen LogP contribution in [0.5, 0.6) is 0 Å². The molecule has 0 saturated carbocycles. The molecule has 0 bridgehead atoms. The molecule has 0 saturated heterocycles. The number of hydrogen-bond donors (Lipinski definition) is 1. The Morgan fingerprint density at radius 1 is 0.679 bits per heavy atom. The second-order valence-electron chi connectivity index (χ2n) is 8.46. The quantitative estimate of drug-likeness (QED) is 0.333. The Hall–Kier alpha value is -2.38. The molecule has 2 N–H and O–H groups in total. The largest absolute Gasteiger partial charge is 0.398 e. The summed E-state index contributed by atoms with van der Waals surface area (Å²) in [5.74, 6) is 1.77. The smallest absolute Gasteiger partial charge is 0.240 e. The molecule has 3 nitrogen and oxygen atoms in total. The van der Waals surface area contributed by atoms with Gasteiger partial charge >= 0.3 is 0 Å². The lowest BCUT2D eigenvalue weighted by Crippen LogP contribution is -2.02. The van der Waals surface area contributed by atoms with Crippen molar-refractivity contribution in [2.75, 3.05) is 5.73 Å². The minimum Gasteiger partial charge on any atom is -0.398 e. The predicted molar refractivity (Wildman–Crippen MR) is 121 cm³/mol. The summed E-state index contributed by atoms with van der Waals surface area (Å²) in [6, 6.07) is 12.4. The standard InChI is InChI=1S/C13H17NO.C12H19N/c1-9(2)11-6-5-7-12(10(3)4)13(11)14-8-15;1-8(2)10-6-5-7-11(9(3)4)12(10)13/h5-7,9-10H,1-4H3;5-9H,13H2,1-4H3. The number of aliphatic imine (C=N–C) groups is 1. The second kappa shape index (κ2) is 10.8. The SMILES string of the molecule is CC(C)c1cccc(C(C)C)c1N.CC(C)c1cccc(C(C)C)c1N=C=O. The van der Waals surface area contributed by atoms with Crippen molar-refractivity contribution in [3.63, 3.8) is 0 Å². The first-order valence-corrected chi connectivity index (χ1v) is 10.2. The van der Waals surface area contributed by atoms with Gasteiger partial charge in [0.2, 0.25) is 6.08 Å². The molecule has 152 valence electrons. The average molecular weight is 381 g/mol. The third kappa shape index (κ3) is 6.07. The number of para-hydroxylation sites is 2. The first kappa shape index (κ1) is 23.7. The average Bonchev–Trinajstić information content (AvgIpc) is 2.62. The summed E-state index contributed by atoms with van der Waals surface area (Å²) in [6.45, 7) is 17.1. The fraction of sp³-hybridized carbons (Fsp3) is 0.480. The fourth-order valence-corrected chi connectivity index (χ4v) is 3.30. The summed E-state index contributed by atoms with van der Waals surface area (Å²) in [5.41, 5.74) is 12.6. The molecule has 0 unspecified atom stereocenters. The maximum atomic E-state index is 10.4. The van der Waals surface area contributed by atoms with E-state index in [-0.39, 0.29) is 0 Å². The van der Waals surface area contributed by atoms with Crippen LogP contribution in [0, 0.1) is 0 Å². The zero-order valence-electron chi connectivity index (χ0n) is 18.7. The van der Waals surface area contributed by atoms with Gasteiger partial charge in [0.25, 0.3) is 0 Å². The lowest BCUT2D eigenvalue weighted by atomic mass is 9.93. The van der Waals surface area contributed by atoms with Crippen LogP contribution in [-0.4, -0.2) is 6.08 Å². The number of benzene rings is 2. The van der Waals surface area contributed by atoms with Gasteiger partial charge in [-0.25, -0.2) is 4.79 Å². The highest BCUT2D eigenvalue weighted by atomic mass is 16.1. The molecular weight excluding hydrogens is 344 g/mol. The Balaban J connectivity index is 0.000000283. The summed E-state index contributed by atoms with van der Waals surface area (Å²) >= 11 is 0. The van der Waals surface area contributed by atoms with Gasteiger partial charge in [0.1, 0.15) is 0 Å². The minimum absolute atomic E-state index is 0.371. The lowest BCUT2D eigenvalue weighted by molar-refractivity contribution is 0.565. The van der Waals surface area contributed by atoms with Gasteiger partial charge in [-0.15, -0.1) is 0 Å². The molecule has 28 heavy (non-hydrogen) atoms. The van der Waals surface area contributed by atoms with E-state index in [2.05, 4.69) is 78.6 Å². The third-order valence-electron chi connectivity index (χ3n) is 4.92. The van der Waals surface area contributed by atoms with Gasteiger partial charge in [-0.2, -0.15) is 4.99 Å². The molecule has 0 aromatic heterocycles. The van der Waals surface area contributed by atoms with Crippen molar-refractivity contribution in [3.8, 4) is 0 Å². The molecule has 0 atom stereocenters. The molecule has 2 aromatic carbocycles. The van der Waals surface area contributed by atoms with Crippen LogP contribution in [-0.2, 0) is 4.79 Å². The van der Waals surface area contributed by atoms with Crippen molar-refractivity contribution >= 4 is 17.5 Å². The number of carbonyl (C=O) groups excluding carboxylic acids is 1. The summed E-state index contributed by atoms with van der Waals surface area (Å²) in [5, 5.41) is 0. The van der Waals surface area contributed by atoms with Crippen LogP contribution in [0.15, 0.2) is 41.4 Å². The molecule has 2 rings (SSSR count). The topological polar surface area (TPSA) is 55.4 Å². The molecule has 2 aromatic rings. The Labute approximate surface area is 171 Å². The Morgan fingerprint density at radius 2 is 1.00 bits per heavy atom. The second-order valence-corrected chi connectivity index (χ2v) is 8.46. The fourth-order valence-electron chi connectivity index (χ4n) is 3.30. The van der Waals surface area contributed by atoms with Crippen molar-refractivity contribution in [1.82, 2.24) is 0 Å². The molecule has 0 heterocycles. The molecule has 0 aliphatic rings. The first-order valence-electron chi connectivity index (χ1n) is 10.2. The van der Waals surface area contributed by atoms with Gasteiger partial charge in [-0.3, -0.25) is 0 Å². The molecular formula is C25H36N2O. The summed E-state index contributed by atoms with van der Waals surface area (Å²) in [4.78, 5) is 14.3. The van der Waals surface area contributed by atoms with Crippen molar-refractivity contribution in [3.05, 3.63) is 58.7 Å². The zero-order valence-corrected chi connectivity index (χ0v) is 18.7. The monoisotopic (exact) mass is 380 g/mol. The normalized spacial score (nSPS) is 10.9. The van der Waals surface area contributed by atoms with Crippen LogP contribution in [0.3, 0.4) is 0 Å². The highest BCUT2D eigenvalue weighted by Crippen LogP contribution is 2.34. The number of anilines is 1. The Bertz CT molecular complexity index is 761. The highest BCUT2D eigenvalue weighted by molar-refractivity contribution is 5.60. The van der Waals surface area contributed by atoms with E-state index in [0.717, 1.165) is 22.5 Å². The first-order chi connectivity index (χ1) is 13.1. The molecule has 0 fully saturated rings. The van der Waals surface area contributed by atoms with Gasteiger partial charge in [-0.05, 0) is 45.9 Å². The van der Waals surface area contributed by atoms with E-state index in [0.29, 0.717) is 23.7 Å².